The van der Waals surface area contributed by atoms with Crippen molar-refractivity contribution in [2.75, 3.05) is 0 Å². The molecule has 5 nitrogen and oxygen atoms in total. The quantitative estimate of drug-likeness (QED) is 0.149. The van der Waals surface area contributed by atoms with E-state index < -0.39 is 18.6 Å². The molecular formula is C53H49FIrN4O-2. The second-order valence-electron chi connectivity index (χ2n) is 16.4. The molecule has 0 saturated carbocycles. The Morgan fingerprint density at radius 1 is 0.767 bits per heavy atom. The Kier molecular flexibility index (Phi) is 10.5. The Bertz CT molecular complexity index is 3110. The van der Waals surface area contributed by atoms with Crippen molar-refractivity contribution in [1.29, 1.82) is 0 Å². The van der Waals surface area contributed by atoms with Crippen LogP contribution in [0.1, 0.15) is 89.5 Å². The van der Waals surface area contributed by atoms with Crippen molar-refractivity contribution in [3.63, 3.8) is 0 Å². The molecule has 7 heteroatoms. The number of para-hydroxylation sites is 2. The fourth-order valence-electron chi connectivity index (χ4n) is 7.50. The number of nitrogens with zero attached hydrogens (tertiary/aromatic N) is 4. The Morgan fingerprint density at radius 3 is 2.15 bits per heavy atom. The molecule has 60 heavy (non-hydrogen) atoms. The van der Waals surface area contributed by atoms with Crippen molar-refractivity contribution in [3.05, 3.63) is 168 Å². The molecule has 1 radical (unpaired) electrons. The number of pyridine rings is 2. The number of hydrogen-bond donors (Lipinski definition) is 0. The molecule has 0 aliphatic rings. The standard InChI is InChI=1S/C42H42N3O.C11H7FN.Ir/c1-25(2)34-22-30(29-19-17-28(18-20-29)24-42(6,7)8)23-35(26(3)4)38(34)45-37-15-10-9-14-36(37)44-40(45)33-13-11-12-31-32-21-16-27(5)43-41(32)46-39(31)33;12-10-6-2-1-5-9(10)11-7-3-4-8-13-11;/h9-12,14-23,25-26H,24H2,1-8H3;1-4,6-8H;/q2*-1;/i5D3,24D2;;. The van der Waals surface area contributed by atoms with Crippen LogP contribution in [0.2, 0.25) is 0 Å². The molecule has 5 aromatic carbocycles. The molecular weight excluding hydrogens is 920 g/mol. The molecule has 0 bridgehead atoms. The summed E-state index contributed by atoms with van der Waals surface area (Å²) < 4.78 is 63.0. The van der Waals surface area contributed by atoms with Crippen LogP contribution in [0.25, 0.3) is 72.6 Å². The van der Waals surface area contributed by atoms with Crippen LogP contribution in [-0.2, 0) is 26.5 Å². The van der Waals surface area contributed by atoms with Gasteiger partial charge in [0, 0.05) is 55.7 Å². The van der Waals surface area contributed by atoms with Crippen LogP contribution >= 0.6 is 0 Å². The number of fused-ring (bicyclic) bond motifs is 4. The molecule has 9 rings (SSSR count). The summed E-state index contributed by atoms with van der Waals surface area (Å²) in [6, 6.07) is 43.9. The van der Waals surface area contributed by atoms with E-state index in [1.807, 2.05) is 81.4 Å². The SMILES string of the molecule is Fc1ccc[c-]c1-c1ccccn1.[2H]C([2H])([2H])c1ccc2c(n1)oc1c(-c3nc4ccccc4n3-c3c(C(C)C)cc(-c4ccc(C([2H])([2H])C(C)(C)C)cc4)cc3C(C)C)[c-]ccc12.[Ir]. The molecule has 0 aliphatic carbocycles. The Labute approximate surface area is 373 Å². The van der Waals surface area contributed by atoms with Crippen LogP contribution in [-0.4, -0.2) is 19.5 Å². The van der Waals surface area contributed by atoms with Crippen LogP contribution in [0.5, 0.6) is 0 Å². The number of rotatable bonds is 7. The summed E-state index contributed by atoms with van der Waals surface area (Å²) >= 11 is 0. The molecule has 0 unspecified atom stereocenters. The largest absolute Gasteiger partial charge is 0.486 e. The van der Waals surface area contributed by atoms with Crippen molar-refractivity contribution in [2.45, 2.75) is 73.5 Å². The van der Waals surface area contributed by atoms with Crippen molar-refractivity contribution >= 4 is 33.1 Å². The number of imidazole rings is 1. The van der Waals surface area contributed by atoms with Gasteiger partial charge in [-0.25, -0.2) is 4.98 Å². The number of furan rings is 1. The van der Waals surface area contributed by atoms with E-state index in [1.165, 1.54) is 12.1 Å². The van der Waals surface area contributed by atoms with Gasteiger partial charge >= 0.3 is 0 Å². The van der Waals surface area contributed by atoms with E-state index in [-0.39, 0.29) is 49.2 Å². The smallest absolute Gasteiger partial charge is 0.216 e. The predicted octanol–water partition coefficient (Wildman–Crippen LogP) is 14.3. The van der Waals surface area contributed by atoms with Crippen LogP contribution in [0.4, 0.5) is 4.39 Å². The summed E-state index contributed by atoms with van der Waals surface area (Å²) in [4.78, 5) is 13.6. The first kappa shape index (κ1) is 36.1. The zero-order valence-electron chi connectivity index (χ0n) is 39.7. The second-order valence-corrected chi connectivity index (χ2v) is 16.4. The summed E-state index contributed by atoms with van der Waals surface area (Å²) in [5.74, 6) is 0.673. The fraction of sp³-hybridized carbons (Fsp3) is 0.226. The molecule has 0 spiro atoms. The summed E-state index contributed by atoms with van der Waals surface area (Å²) in [6.07, 6.45) is 0.156. The van der Waals surface area contributed by atoms with E-state index in [9.17, 15) is 4.39 Å². The number of aromatic nitrogens is 4. The molecule has 9 aromatic rings. The Balaban J connectivity index is 0.000000385. The summed E-state index contributed by atoms with van der Waals surface area (Å²) in [5, 5.41) is 1.54. The zero-order valence-corrected chi connectivity index (χ0v) is 37.1. The molecule has 4 heterocycles. The van der Waals surface area contributed by atoms with E-state index in [0.717, 1.165) is 49.7 Å². The third-order valence-corrected chi connectivity index (χ3v) is 10.2. The van der Waals surface area contributed by atoms with Crippen molar-refractivity contribution in [2.24, 2.45) is 5.41 Å². The third-order valence-electron chi connectivity index (χ3n) is 10.2. The van der Waals surface area contributed by atoms with Crippen LogP contribution in [0.15, 0.2) is 132 Å². The summed E-state index contributed by atoms with van der Waals surface area (Å²) in [5.41, 5.74) is 9.83. The maximum absolute atomic E-state index is 13.2. The molecule has 0 N–H and O–H groups in total. The minimum absolute atomic E-state index is 0. The van der Waals surface area contributed by atoms with Gasteiger partial charge in [0.05, 0.1) is 22.4 Å². The van der Waals surface area contributed by atoms with Gasteiger partial charge < -0.3 is 14.0 Å². The topological polar surface area (TPSA) is 56.7 Å². The number of aryl methyl sites for hydroxylation is 1. The molecule has 0 fully saturated rings. The van der Waals surface area contributed by atoms with Gasteiger partial charge in [-0.1, -0.05) is 114 Å². The van der Waals surface area contributed by atoms with E-state index in [2.05, 4.69) is 72.6 Å². The van der Waals surface area contributed by atoms with Gasteiger partial charge in [-0.2, -0.15) is 0 Å². The molecule has 0 saturated heterocycles. The van der Waals surface area contributed by atoms with Gasteiger partial charge in [0.15, 0.2) is 0 Å². The molecule has 0 atom stereocenters. The first-order valence-corrected chi connectivity index (χ1v) is 19.9. The van der Waals surface area contributed by atoms with E-state index in [0.29, 0.717) is 33.8 Å². The predicted molar refractivity (Wildman–Crippen MR) is 240 cm³/mol. The fourth-order valence-corrected chi connectivity index (χ4v) is 7.50. The van der Waals surface area contributed by atoms with Crippen molar-refractivity contribution in [3.8, 4) is 39.5 Å². The van der Waals surface area contributed by atoms with Crippen molar-refractivity contribution in [1.82, 2.24) is 19.5 Å². The zero-order chi connectivity index (χ0) is 45.7. The van der Waals surface area contributed by atoms with Gasteiger partial charge in [-0.3, -0.25) is 9.37 Å². The number of benzene rings is 5. The minimum Gasteiger partial charge on any atom is -0.486 e. The van der Waals surface area contributed by atoms with Gasteiger partial charge in [0.1, 0.15) is 0 Å². The minimum atomic E-state index is -2.36. The number of hydrogen-bond acceptors (Lipinski definition) is 4. The maximum atomic E-state index is 13.2. The first-order valence-electron chi connectivity index (χ1n) is 22.4. The molecule has 0 amide bonds. The van der Waals surface area contributed by atoms with Gasteiger partial charge in [0.25, 0.3) is 0 Å². The van der Waals surface area contributed by atoms with E-state index in [4.69, 9.17) is 16.3 Å². The molecule has 4 aromatic heterocycles. The average molecular weight is 974 g/mol. The Hall–Kier alpha value is -5.75. The normalized spacial score (nSPS) is 13.3. The van der Waals surface area contributed by atoms with Crippen LogP contribution in [0, 0.1) is 30.2 Å². The van der Waals surface area contributed by atoms with E-state index in [1.54, 1.807) is 36.5 Å². The van der Waals surface area contributed by atoms with Crippen LogP contribution < -0.4 is 0 Å². The average Bonchev–Trinajstić information content (AvgIpc) is 3.84. The number of halogens is 1. The Morgan fingerprint density at radius 2 is 1.48 bits per heavy atom. The second kappa shape index (κ2) is 17.5. The van der Waals surface area contributed by atoms with Gasteiger partial charge in [-0.05, 0) is 106 Å². The van der Waals surface area contributed by atoms with Gasteiger partial charge in [-0.15, -0.1) is 42.5 Å². The first-order chi connectivity index (χ1) is 30.3. The maximum Gasteiger partial charge on any atom is 0.216 e. The molecule has 305 valence electrons. The summed E-state index contributed by atoms with van der Waals surface area (Å²) in [7, 11) is 0. The van der Waals surface area contributed by atoms with E-state index >= 15 is 0 Å². The monoisotopic (exact) mass is 974 g/mol. The third kappa shape index (κ3) is 8.61. The van der Waals surface area contributed by atoms with Gasteiger partial charge in [0.2, 0.25) is 5.71 Å². The van der Waals surface area contributed by atoms with Crippen LogP contribution in [0.3, 0.4) is 0 Å². The summed E-state index contributed by atoms with van der Waals surface area (Å²) in [6.45, 7) is 12.2. The van der Waals surface area contributed by atoms with Crippen molar-refractivity contribution < 1.29 is 35.8 Å². The molecule has 0 aliphatic heterocycles.